The van der Waals surface area contributed by atoms with Crippen molar-refractivity contribution >= 4 is 11.6 Å². The summed E-state index contributed by atoms with van der Waals surface area (Å²) in [5, 5.41) is 11.1. The summed E-state index contributed by atoms with van der Waals surface area (Å²) in [5.41, 5.74) is 5.54. The van der Waals surface area contributed by atoms with Crippen molar-refractivity contribution in [2.45, 2.75) is 18.4 Å². The molecule has 0 bridgehead atoms. The summed E-state index contributed by atoms with van der Waals surface area (Å²) < 4.78 is 5.14. The number of rotatable bonds is 4. The standard InChI is InChI=1S/C12H16ClNO2/c1-16-11-6-9(4-5-10(11)13)12(15,7-14)8-2-3-8/h4-6,8,15H,2-3,7,14H2,1H3. The zero-order chi connectivity index (χ0) is 11.8. The highest BCUT2D eigenvalue weighted by atomic mass is 35.5. The maximum atomic E-state index is 10.5. The second-order valence-corrected chi connectivity index (χ2v) is 4.66. The number of hydrogen-bond donors (Lipinski definition) is 2. The zero-order valence-electron chi connectivity index (χ0n) is 9.24. The molecule has 1 aromatic rings. The Morgan fingerprint density at radius 3 is 2.75 bits per heavy atom. The smallest absolute Gasteiger partial charge is 0.137 e. The molecule has 3 N–H and O–H groups in total. The molecule has 1 fully saturated rings. The first-order chi connectivity index (χ1) is 7.61. The molecule has 4 heteroatoms. The predicted molar refractivity (Wildman–Crippen MR) is 63.7 cm³/mol. The molecule has 0 aromatic heterocycles. The van der Waals surface area contributed by atoms with Crippen LogP contribution < -0.4 is 10.5 Å². The second kappa shape index (κ2) is 4.24. The van der Waals surface area contributed by atoms with Crippen LogP contribution in [0, 0.1) is 5.92 Å². The Morgan fingerprint density at radius 2 is 2.25 bits per heavy atom. The number of halogens is 1. The Hall–Kier alpha value is -0.770. The SMILES string of the molecule is COc1cc(C(O)(CN)C2CC2)ccc1Cl. The Bertz CT molecular complexity index is 393. The minimum atomic E-state index is -0.933. The van der Waals surface area contributed by atoms with Crippen molar-refractivity contribution in [2.24, 2.45) is 11.7 Å². The third-order valence-electron chi connectivity index (χ3n) is 3.21. The van der Waals surface area contributed by atoms with Gasteiger partial charge in [0.25, 0.3) is 0 Å². The van der Waals surface area contributed by atoms with Gasteiger partial charge >= 0.3 is 0 Å². The van der Waals surface area contributed by atoms with E-state index in [0.29, 0.717) is 10.8 Å². The first-order valence-electron chi connectivity index (χ1n) is 5.38. The number of hydrogen-bond acceptors (Lipinski definition) is 3. The van der Waals surface area contributed by atoms with Gasteiger partial charge in [0.1, 0.15) is 11.4 Å². The lowest BCUT2D eigenvalue weighted by molar-refractivity contribution is 0.0220. The highest BCUT2D eigenvalue weighted by Gasteiger charge is 2.44. The first kappa shape index (κ1) is 11.7. The summed E-state index contributed by atoms with van der Waals surface area (Å²) in [7, 11) is 1.56. The zero-order valence-corrected chi connectivity index (χ0v) is 10.00. The Morgan fingerprint density at radius 1 is 1.56 bits per heavy atom. The molecule has 1 aliphatic carbocycles. The van der Waals surface area contributed by atoms with E-state index in [1.807, 2.05) is 6.07 Å². The molecule has 1 saturated carbocycles. The van der Waals surface area contributed by atoms with Crippen molar-refractivity contribution in [2.75, 3.05) is 13.7 Å². The fourth-order valence-corrected chi connectivity index (χ4v) is 2.20. The molecule has 1 aromatic carbocycles. The second-order valence-electron chi connectivity index (χ2n) is 4.25. The summed E-state index contributed by atoms with van der Waals surface area (Å²) in [6.45, 7) is 0.225. The predicted octanol–water partition coefficient (Wildman–Crippen LogP) is 1.90. The fraction of sp³-hybridized carbons (Fsp3) is 0.500. The fourth-order valence-electron chi connectivity index (χ4n) is 2.01. The highest BCUT2D eigenvalue weighted by molar-refractivity contribution is 6.32. The van der Waals surface area contributed by atoms with Gasteiger partial charge in [-0.1, -0.05) is 17.7 Å². The molecule has 0 amide bonds. The Kier molecular flexibility index (Phi) is 3.10. The van der Waals surface area contributed by atoms with Crippen LogP contribution in [0.25, 0.3) is 0 Å². The van der Waals surface area contributed by atoms with E-state index in [9.17, 15) is 5.11 Å². The van der Waals surface area contributed by atoms with Crippen molar-refractivity contribution in [1.29, 1.82) is 0 Å². The average Bonchev–Trinajstić information content (AvgIpc) is 3.13. The third-order valence-corrected chi connectivity index (χ3v) is 3.53. The Balaban J connectivity index is 2.38. The normalized spacial score (nSPS) is 19.2. The molecule has 0 saturated heterocycles. The molecule has 1 atom stereocenters. The molecule has 16 heavy (non-hydrogen) atoms. The lowest BCUT2D eigenvalue weighted by Gasteiger charge is -2.27. The van der Waals surface area contributed by atoms with E-state index in [2.05, 4.69) is 0 Å². The maximum absolute atomic E-state index is 10.5. The minimum absolute atomic E-state index is 0.225. The Labute approximate surface area is 100 Å². The number of benzene rings is 1. The number of nitrogens with two attached hydrogens (primary N) is 1. The molecular formula is C12H16ClNO2. The van der Waals surface area contributed by atoms with E-state index in [1.54, 1.807) is 19.2 Å². The summed E-state index contributed by atoms with van der Waals surface area (Å²) in [6, 6.07) is 5.32. The molecule has 0 aliphatic heterocycles. The van der Waals surface area contributed by atoms with E-state index >= 15 is 0 Å². The first-order valence-corrected chi connectivity index (χ1v) is 5.76. The summed E-state index contributed by atoms with van der Waals surface area (Å²) in [4.78, 5) is 0. The van der Waals surface area contributed by atoms with E-state index in [0.717, 1.165) is 18.4 Å². The van der Waals surface area contributed by atoms with E-state index in [4.69, 9.17) is 22.1 Å². The van der Waals surface area contributed by atoms with E-state index < -0.39 is 5.60 Å². The molecule has 1 unspecified atom stereocenters. The molecule has 0 heterocycles. The van der Waals surface area contributed by atoms with Crippen molar-refractivity contribution < 1.29 is 9.84 Å². The van der Waals surface area contributed by atoms with Crippen LogP contribution in [0.5, 0.6) is 5.75 Å². The quantitative estimate of drug-likeness (QED) is 0.847. The largest absolute Gasteiger partial charge is 0.495 e. The highest BCUT2D eigenvalue weighted by Crippen LogP contribution is 2.46. The van der Waals surface area contributed by atoms with Crippen LogP contribution in [0.2, 0.25) is 5.02 Å². The molecule has 0 spiro atoms. The van der Waals surface area contributed by atoms with Gasteiger partial charge in [0.2, 0.25) is 0 Å². The molecule has 3 nitrogen and oxygen atoms in total. The van der Waals surface area contributed by atoms with Gasteiger partial charge in [-0.05, 0) is 36.5 Å². The van der Waals surface area contributed by atoms with Crippen LogP contribution in [0.3, 0.4) is 0 Å². The third kappa shape index (κ3) is 1.90. The summed E-state index contributed by atoms with van der Waals surface area (Å²) >= 11 is 5.95. The van der Waals surface area contributed by atoms with Crippen LogP contribution in [0.1, 0.15) is 18.4 Å². The van der Waals surface area contributed by atoms with Gasteiger partial charge in [0, 0.05) is 6.54 Å². The summed E-state index contributed by atoms with van der Waals surface area (Å²) in [5.74, 6) is 0.843. The van der Waals surface area contributed by atoms with Gasteiger partial charge < -0.3 is 15.6 Å². The van der Waals surface area contributed by atoms with Crippen molar-refractivity contribution in [3.63, 3.8) is 0 Å². The molecule has 88 valence electrons. The average molecular weight is 242 g/mol. The number of aliphatic hydroxyl groups is 1. The van der Waals surface area contributed by atoms with Crippen LogP contribution in [-0.4, -0.2) is 18.8 Å². The van der Waals surface area contributed by atoms with Gasteiger partial charge in [-0.15, -0.1) is 0 Å². The lowest BCUT2D eigenvalue weighted by atomic mass is 9.89. The number of methoxy groups -OCH3 is 1. The minimum Gasteiger partial charge on any atom is -0.495 e. The van der Waals surface area contributed by atoms with E-state index in [1.165, 1.54) is 0 Å². The van der Waals surface area contributed by atoms with Gasteiger partial charge in [0.15, 0.2) is 0 Å². The van der Waals surface area contributed by atoms with Crippen molar-refractivity contribution in [1.82, 2.24) is 0 Å². The van der Waals surface area contributed by atoms with Crippen LogP contribution >= 0.6 is 11.6 Å². The summed E-state index contributed by atoms with van der Waals surface area (Å²) in [6.07, 6.45) is 2.05. The van der Waals surface area contributed by atoms with Crippen LogP contribution in [-0.2, 0) is 5.60 Å². The molecule has 0 radical (unpaired) electrons. The van der Waals surface area contributed by atoms with Gasteiger partial charge in [-0.2, -0.15) is 0 Å². The molecule has 1 aliphatic rings. The lowest BCUT2D eigenvalue weighted by Crippen LogP contribution is -2.37. The van der Waals surface area contributed by atoms with Gasteiger partial charge in [0.05, 0.1) is 12.1 Å². The van der Waals surface area contributed by atoms with Crippen LogP contribution in [0.4, 0.5) is 0 Å². The maximum Gasteiger partial charge on any atom is 0.137 e. The van der Waals surface area contributed by atoms with Crippen molar-refractivity contribution in [3.05, 3.63) is 28.8 Å². The molecule has 2 rings (SSSR count). The van der Waals surface area contributed by atoms with E-state index in [-0.39, 0.29) is 12.5 Å². The van der Waals surface area contributed by atoms with Crippen LogP contribution in [0.15, 0.2) is 18.2 Å². The van der Waals surface area contributed by atoms with Gasteiger partial charge in [-0.3, -0.25) is 0 Å². The topological polar surface area (TPSA) is 55.5 Å². The van der Waals surface area contributed by atoms with Crippen molar-refractivity contribution in [3.8, 4) is 5.75 Å². The monoisotopic (exact) mass is 241 g/mol. The van der Waals surface area contributed by atoms with Gasteiger partial charge in [-0.25, -0.2) is 0 Å². The number of ether oxygens (including phenoxy) is 1. The molecular weight excluding hydrogens is 226 g/mol.